The Kier molecular flexibility index (Phi) is 4.14. The molecule has 118 valence electrons. The van der Waals surface area contributed by atoms with Crippen LogP contribution in [0.5, 0.6) is 17.2 Å². The average molecular weight is 314 g/mol. The number of rotatable bonds is 5. The van der Waals surface area contributed by atoms with Gasteiger partial charge < -0.3 is 18.9 Å². The van der Waals surface area contributed by atoms with Gasteiger partial charge in [0.1, 0.15) is 5.75 Å². The lowest BCUT2D eigenvalue weighted by Crippen LogP contribution is -2.13. The van der Waals surface area contributed by atoms with Crippen LogP contribution in [0, 0.1) is 0 Å². The Morgan fingerprint density at radius 3 is 2.65 bits per heavy atom. The van der Waals surface area contributed by atoms with E-state index in [4.69, 9.17) is 14.2 Å². The molecular weight excluding hydrogens is 300 g/mol. The molecule has 6 heteroatoms. The van der Waals surface area contributed by atoms with Crippen LogP contribution in [0.15, 0.2) is 36.4 Å². The van der Waals surface area contributed by atoms with Gasteiger partial charge in [0, 0.05) is 0 Å². The van der Waals surface area contributed by atoms with Gasteiger partial charge >= 0.3 is 5.97 Å². The highest BCUT2D eigenvalue weighted by molar-refractivity contribution is 5.83. The summed E-state index contributed by atoms with van der Waals surface area (Å²) >= 11 is 0. The van der Waals surface area contributed by atoms with E-state index in [0.29, 0.717) is 29.1 Å². The number of hydrogen-bond acceptors (Lipinski definition) is 6. The van der Waals surface area contributed by atoms with Gasteiger partial charge in [0.05, 0.1) is 12.7 Å². The fourth-order valence-corrected chi connectivity index (χ4v) is 2.22. The quantitative estimate of drug-likeness (QED) is 0.623. The van der Waals surface area contributed by atoms with Gasteiger partial charge in [-0.05, 0) is 35.4 Å². The second-order valence-corrected chi connectivity index (χ2v) is 4.80. The summed E-state index contributed by atoms with van der Waals surface area (Å²) in [6.07, 6.45) is 0.684. The van der Waals surface area contributed by atoms with Crippen LogP contribution in [0.25, 0.3) is 11.1 Å². The molecule has 0 spiro atoms. The smallest absolute Gasteiger partial charge is 0.343 e. The molecule has 0 aromatic heterocycles. The van der Waals surface area contributed by atoms with Gasteiger partial charge in [0.2, 0.25) is 6.79 Å². The maximum absolute atomic E-state index is 11.3. The largest absolute Gasteiger partial charge is 0.481 e. The van der Waals surface area contributed by atoms with E-state index in [0.717, 1.165) is 11.1 Å². The lowest BCUT2D eigenvalue weighted by molar-refractivity contribution is -0.142. The summed E-state index contributed by atoms with van der Waals surface area (Å²) in [6, 6.07) is 10.7. The summed E-state index contributed by atoms with van der Waals surface area (Å²) in [6.45, 7) is -0.0423. The average Bonchev–Trinajstić information content (AvgIpc) is 3.07. The molecule has 0 N–H and O–H groups in total. The molecule has 0 amide bonds. The molecule has 0 fully saturated rings. The summed E-state index contributed by atoms with van der Waals surface area (Å²) in [7, 11) is 1.27. The van der Waals surface area contributed by atoms with Gasteiger partial charge in [-0.1, -0.05) is 12.1 Å². The van der Waals surface area contributed by atoms with Gasteiger partial charge in [0.15, 0.2) is 24.4 Å². The van der Waals surface area contributed by atoms with Gasteiger partial charge in [-0.15, -0.1) is 0 Å². The van der Waals surface area contributed by atoms with E-state index in [1.165, 1.54) is 7.11 Å². The van der Waals surface area contributed by atoms with E-state index >= 15 is 0 Å². The standard InChI is InChI=1S/C17H14O6/c1-20-17(19)9-21-14-4-2-11(6-13(14)8-18)12-3-5-15-16(7-12)23-10-22-15/h2-8H,9-10H2,1H3. The number of hydrogen-bond donors (Lipinski definition) is 0. The molecule has 6 nitrogen and oxygen atoms in total. The minimum absolute atomic E-state index is 0.207. The molecule has 0 radical (unpaired) electrons. The maximum Gasteiger partial charge on any atom is 0.343 e. The Morgan fingerprint density at radius 2 is 1.87 bits per heavy atom. The molecule has 1 aliphatic heterocycles. The van der Waals surface area contributed by atoms with Crippen molar-refractivity contribution in [2.45, 2.75) is 0 Å². The summed E-state index contributed by atoms with van der Waals surface area (Å²) in [5, 5.41) is 0. The lowest BCUT2D eigenvalue weighted by Gasteiger charge is -2.10. The van der Waals surface area contributed by atoms with Crippen LogP contribution in [-0.2, 0) is 9.53 Å². The zero-order chi connectivity index (χ0) is 16.2. The number of carbonyl (C=O) groups is 2. The van der Waals surface area contributed by atoms with Crippen molar-refractivity contribution in [2.75, 3.05) is 20.5 Å². The lowest BCUT2D eigenvalue weighted by atomic mass is 10.0. The second kappa shape index (κ2) is 6.39. The van der Waals surface area contributed by atoms with Gasteiger partial charge in [-0.25, -0.2) is 4.79 Å². The number of aldehydes is 1. The van der Waals surface area contributed by atoms with Crippen LogP contribution in [0.4, 0.5) is 0 Å². The Hall–Kier alpha value is -3.02. The molecule has 0 aliphatic carbocycles. The molecule has 1 heterocycles. The third-order valence-electron chi connectivity index (χ3n) is 3.42. The van der Waals surface area contributed by atoms with Crippen LogP contribution >= 0.6 is 0 Å². The van der Waals surface area contributed by atoms with E-state index in [2.05, 4.69) is 4.74 Å². The highest BCUT2D eigenvalue weighted by Gasteiger charge is 2.15. The van der Waals surface area contributed by atoms with Gasteiger partial charge in [-0.3, -0.25) is 4.79 Å². The zero-order valence-corrected chi connectivity index (χ0v) is 12.4. The normalized spacial score (nSPS) is 11.9. The predicted molar refractivity (Wildman–Crippen MR) is 80.9 cm³/mol. The number of ether oxygens (including phenoxy) is 4. The van der Waals surface area contributed by atoms with Crippen molar-refractivity contribution in [3.05, 3.63) is 42.0 Å². The summed E-state index contributed by atoms with van der Waals surface area (Å²) in [5.41, 5.74) is 2.07. The van der Waals surface area contributed by atoms with Crippen LogP contribution in [0.2, 0.25) is 0 Å². The highest BCUT2D eigenvalue weighted by Crippen LogP contribution is 2.36. The van der Waals surface area contributed by atoms with Crippen molar-refractivity contribution in [2.24, 2.45) is 0 Å². The maximum atomic E-state index is 11.3. The molecule has 0 unspecified atom stereocenters. The van der Waals surface area contributed by atoms with Crippen molar-refractivity contribution < 1.29 is 28.5 Å². The van der Waals surface area contributed by atoms with E-state index in [1.807, 2.05) is 18.2 Å². The molecule has 0 bridgehead atoms. The number of fused-ring (bicyclic) bond motifs is 1. The molecule has 23 heavy (non-hydrogen) atoms. The van der Waals surface area contributed by atoms with E-state index in [9.17, 15) is 9.59 Å². The summed E-state index contributed by atoms with van der Waals surface area (Å²) < 4.78 is 20.4. The summed E-state index contributed by atoms with van der Waals surface area (Å²) in [5.74, 6) is 1.18. The fraction of sp³-hybridized carbons (Fsp3) is 0.176. The molecule has 0 atom stereocenters. The Bertz CT molecular complexity index is 753. The SMILES string of the molecule is COC(=O)COc1ccc(-c2ccc3c(c2)OCO3)cc1C=O. The van der Waals surface area contributed by atoms with E-state index in [1.54, 1.807) is 18.2 Å². The van der Waals surface area contributed by atoms with Crippen LogP contribution in [0.1, 0.15) is 10.4 Å². The zero-order valence-electron chi connectivity index (χ0n) is 12.4. The second-order valence-electron chi connectivity index (χ2n) is 4.80. The van der Waals surface area contributed by atoms with Crippen LogP contribution < -0.4 is 14.2 Å². The number of methoxy groups -OCH3 is 1. The first-order valence-electron chi connectivity index (χ1n) is 6.90. The third-order valence-corrected chi connectivity index (χ3v) is 3.42. The topological polar surface area (TPSA) is 71.1 Å². The minimum Gasteiger partial charge on any atom is -0.481 e. The Morgan fingerprint density at radius 1 is 1.13 bits per heavy atom. The van der Waals surface area contributed by atoms with Crippen LogP contribution in [-0.4, -0.2) is 32.8 Å². The van der Waals surface area contributed by atoms with Gasteiger partial charge in [-0.2, -0.15) is 0 Å². The third kappa shape index (κ3) is 3.11. The highest BCUT2D eigenvalue weighted by atomic mass is 16.7. The van der Waals surface area contributed by atoms with Crippen molar-refractivity contribution in [3.8, 4) is 28.4 Å². The van der Waals surface area contributed by atoms with Crippen molar-refractivity contribution in [1.82, 2.24) is 0 Å². The number of esters is 1. The van der Waals surface area contributed by atoms with Gasteiger partial charge in [0.25, 0.3) is 0 Å². The van der Waals surface area contributed by atoms with Crippen molar-refractivity contribution >= 4 is 12.3 Å². The molecular formula is C17H14O6. The van der Waals surface area contributed by atoms with E-state index < -0.39 is 5.97 Å². The molecule has 3 rings (SSSR count). The number of carbonyl (C=O) groups excluding carboxylic acids is 2. The summed E-state index contributed by atoms with van der Waals surface area (Å²) in [4.78, 5) is 22.4. The molecule has 1 aliphatic rings. The number of benzene rings is 2. The minimum atomic E-state index is -0.512. The molecule has 0 saturated carbocycles. The Balaban J connectivity index is 1.86. The molecule has 2 aromatic carbocycles. The first-order valence-corrected chi connectivity index (χ1v) is 6.90. The Labute approximate surface area is 132 Å². The predicted octanol–water partition coefficient (Wildman–Crippen LogP) is 2.45. The monoisotopic (exact) mass is 314 g/mol. The first-order chi connectivity index (χ1) is 11.2. The fourth-order valence-electron chi connectivity index (χ4n) is 2.22. The van der Waals surface area contributed by atoms with E-state index in [-0.39, 0.29) is 13.4 Å². The molecule has 0 saturated heterocycles. The van der Waals surface area contributed by atoms with Crippen molar-refractivity contribution in [3.63, 3.8) is 0 Å². The van der Waals surface area contributed by atoms with Crippen molar-refractivity contribution in [1.29, 1.82) is 0 Å². The van der Waals surface area contributed by atoms with Crippen LogP contribution in [0.3, 0.4) is 0 Å². The first kappa shape index (κ1) is 14.9. The molecule has 2 aromatic rings.